The van der Waals surface area contributed by atoms with Gasteiger partial charge in [0.05, 0.1) is 42.5 Å². The fourth-order valence-corrected chi connectivity index (χ4v) is 3.70. The van der Waals surface area contributed by atoms with E-state index in [1.807, 2.05) is 47.6 Å². The number of hydrogen-bond donors (Lipinski definition) is 0. The molecule has 5 nitrogen and oxygen atoms in total. The van der Waals surface area contributed by atoms with Gasteiger partial charge in [-0.05, 0) is 23.0 Å². The predicted octanol–water partition coefficient (Wildman–Crippen LogP) is 4.91. The molecule has 26 heavy (non-hydrogen) atoms. The molecule has 0 N–H and O–H groups in total. The van der Waals surface area contributed by atoms with Crippen LogP contribution in [0, 0.1) is 45.3 Å². The summed E-state index contributed by atoms with van der Waals surface area (Å²) < 4.78 is 24.9. The van der Waals surface area contributed by atoms with Crippen molar-refractivity contribution < 1.29 is 13.6 Å². The lowest BCUT2D eigenvalue weighted by atomic mass is 9.82. The van der Waals surface area contributed by atoms with Gasteiger partial charge in [-0.15, -0.1) is 0 Å². The van der Waals surface area contributed by atoms with Crippen LogP contribution in [0.25, 0.3) is 0 Å². The van der Waals surface area contributed by atoms with Crippen molar-refractivity contribution in [3.05, 3.63) is 30.3 Å². The summed E-state index contributed by atoms with van der Waals surface area (Å²) in [6.07, 6.45) is 0. The van der Waals surface area contributed by atoms with Gasteiger partial charge in [0.2, 0.25) is 0 Å². The van der Waals surface area contributed by atoms with Crippen molar-refractivity contribution in [3.63, 3.8) is 0 Å². The maximum Gasteiger partial charge on any atom is 0.361 e. The Bertz CT molecular complexity index is 666. The normalized spacial score (nSPS) is 14.9. The molecule has 1 rings (SSSR count). The molecule has 0 aliphatic heterocycles. The lowest BCUT2D eigenvalue weighted by Gasteiger charge is -2.29. The summed E-state index contributed by atoms with van der Waals surface area (Å²) >= 11 is 0. The molecular weight excluding hydrogens is 347 g/mol. The van der Waals surface area contributed by atoms with Gasteiger partial charge in [-0.1, -0.05) is 59.7 Å². The molecule has 1 aromatic rings. The minimum absolute atomic E-state index is 0.00108. The SMILES string of the molecule is CC(C)(C)[C@H](C#N)COP(=O)(OC[C@@H](C#N)C(C)(C)C)c1ccccc1. The molecule has 2 atom stereocenters. The zero-order valence-electron chi connectivity index (χ0n) is 16.5. The fraction of sp³-hybridized carbons (Fsp3) is 0.600. The van der Waals surface area contributed by atoms with E-state index in [0.717, 1.165) is 0 Å². The number of benzene rings is 1. The molecule has 1 aromatic carbocycles. The Labute approximate surface area is 157 Å². The molecule has 0 aromatic heterocycles. The maximum absolute atomic E-state index is 13.4. The van der Waals surface area contributed by atoms with E-state index in [1.165, 1.54) is 0 Å². The number of nitrogens with zero attached hydrogens (tertiary/aromatic N) is 2. The van der Waals surface area contributed by atoms with Crippen LogP contribution in [0.15, 0.2) is 30.3 Å². The summed E-state index contributed by atoms with van der Waals surface area (Å²) in [4.78, 5) is 0. The Morgan fingerprint density at radius 2 is 1.27 bits per heavy atom. The molecule has 0 saturated heterocycles. The van der Waals surface area contributed by atoms with Gasteiger partial charge in [0.15, 0.2) is 0 Å². The van der Waals surface area contributed by atoms with Gasteiger partial charge < -0.3 is 9.05 Å². The molecule has 0 bridgehead atoms. The first-order valence-corrected chi connectivity index (χ1v) is 10.2. The van der Waals surface area contributed by atoms with Crippen LogP contribution < -0.4 is 5.30 Å². The molecule has 0 amide bonds. The first-order valence-electron chi connectivity index (χ1n) is 8.68. The zero-order chi connectivity index (χ0) is 20.0. The summed E-state index contributed by atoms with van der Waals surface area (Å²) in [6.45, 7) is 11.6. The second-order valence-corrected chi connectivity index (χ2v) is 10.5. The maximum atomic E-state index is 13.4. The second kappa shape index (κ2) is 8.83. The Morgan fingerprint density at radius 3 is 1.58 bits per heavy atom. The highest BCUT2D eigenvalue weighted by molar-refractivity contribution is 7.62. The molecule has 0 saturated carbocycles. The van der Waals surface area contributed by atoms with Crippen LogP contribution in [0.3, 0.4) is 0 Å². The van der Waals surface area contributed by atoms with E-state index >= 15 is 0 Å². The highest BCUT2D eigenvalue weighted by Gasteiger charge is 2.35. The Hall–Kier alpha value is -1.65. The highest BCUT2D eigenvalue weighted by atomic mass is 31.2. The van der Waals surface area contributed by atoms with Crippen LogP contribution in [0.4, 0.5) is 0 Å². The minimum Gasteiger partial charge on any atom is -0.304 e. The second-order valence-electron chi connectivity index (χ2n) is 8.52. The van der Waals surface area contributed by atoms with Crippen molar-refractivity contribution in [2.45, 2.75) is 41.5 Å². The van der Waals surface area contributed by atoms with Gasteiger partial charge in [-0.2, -0.15) is 10.5 Å². The van der Waals surface area contributed by atoms with E-state index in [2.05, 4.69) is 12.1 Å². The predicted molar refractivity (Wildman–Crippen MR) is 103 cm³/mol. The van der Waals surface area contributed by atoms with Gasteiger partial charge >= 0.3 is 7.60 Å². The van der Waals surface area contributed by atoms with Crippen molar-refractivity contribution >= 4 is 12.9 Å². The number of rotatable bonds is 7. The summed E-state index contributed by atoms with van der Waals surface area (Å²) in [5.41, 5.74) is -0.617. The summed E-state index contributed by atoms with van der Waals surface area (Å²) in [7, 11) is -3.65. The lowest BCUT2D eigenvalue weighted by molar-refractivity contribution is 0.133. The van der Waals surface area contributed by atoms with Gasteiger partial charge in [0.25, 0.3) is 0 Å². The first kappa shape index (κ1) is 22.4. The third kappa shape index (κ3) is 6.26. The lowest BCUT2D eigenvalue weighted by Crippen LogP contribution is -2.27. The van der Waals surface area contributed by atoms with Crippen molar-refractivity contribution in [1.82, 2.24) is 0 Å². The molecule has 0 aliphatic rings. The zero-order valence-corrected chi connectivity index (χ0v) is 17.4. The average Bonchev–Trinajstić information content (AvgIpc) is 2.54. The molecule has 6 heteroatoms. The standard InChI is InChI=1S/C20H29N2O3P/c1-19(2,3)16(12-21)14-24-26(23,18-10-8-7-9-11-18)25-15-17(13-22)20(4,5)6/h7-11,16-17H,14-15H2,1-6H3/t16-,17-/m1/s1. The quantitative estimate of drug-likeness (QED) is 0.631. The minimum atomic E-state index is -3.65. The van der Waals surface area contributed by atoms with Crippen molar-refractivity contribution in [2.75, 3.05) is 13.2 Å². The van der Waals surface area contributed by atoms with E-state index in [1.54, 1.807) is 24.3 Å². The summed E-state index contributed by atoms with van der Waals surface area (Å²) in [6, 6.07) is 13.1. The smallest absolute Gasteiger partial charge is 0.304 e. The number of nitriles is 2. The van der Waals surface area contributed by atoms with Crippen LogP contribution in [0.5, 0.6) is 0 Å². The molecule has 0 spiro atoms. The monoisotopic (exact) mass is 376 g/mol. The van der Waals surface area contributed by atoms with E-state index < -0.39 is 19.4 Å². The highest BCUT2D eigenvalue weighted by Crippen LogP contribution is 2.49. The molecular formula is C20H29N2O3P. The molecule has 0 aliphatic carbocycles. The van der Waals surface area contributed by atoms with E-state index in [9.17, 15) is 15.1 Å². The summed E-state index contributed by atoms with van der Waals surface area (Å²) in [5, 5.41) is 19.2. The first-order chi connectivity index (χ1) is 11.9. The fourth-order valence-electron chi connectivity index (χ4n) is 2.10. The Morgan fingerprint density at radius 1 is 0.885 bits per heavy atom. The largest absolute Gasteiger partial charge is 0.361 e. The molecule has 0 fully saturated rings. The van der Waals surface area contributed by atoms with Gasteiger partial charge in [0, 0.05) is 0 Å². The van der Waals surface area contributed by atoms with E-state index in [4.69, 9.17) is 9.05 Å². The van der Waals surface area contributed by atoms with Gasteiger partial charge in [-0.25, -0.2) is 0 Å². The molecule has 142 valence electrons. The average molecular weight is 376 g/mol. The van der Waals surface area contributed by atoms with Crippen molar-refractivity contribution in [3.8, 4) is 12.1 Å². The third-order valence-corrected chi connectivity index (χ3v) is 6.21. The van der Waals surface area contributed by atoms with Crippen LogP contribution in [0.2, 0.25) is 0 Å². The number of hydrogen-bond acceptors (Lipinski definition) is 5. The summed E-state index contributed by atoms with van der Waals surface area (Å²) in [5.74, 6) is -0.866. The molecule has 0 heterocycles. The molecule has 0 unspecified atom stereocenters. The van der Waals surface area contributed by atoms with Crippen LogP contribution >= 0.6 is 7.60 Å². The third-order valence-electron chi connectivity index (χ3n) is 4.30. The van der Waals surface area contributed by atoms with Gasteiger partial charge in [0.1, 0.15) is 0 Å². The van der Waals surface area contributed by atoms with Crippen molar-refractivity contribution in [1.29, 1.82) is 10.5 Å². The van der Waals surface area contributed by atoms with Crippen LogP contribution in [0.1, 0.15) is 41.5 Å². The van der Waals surface area contributed by atoms with Gasteiger partial charge in [-0.3, -0.25) is 4.57 Å². The topological polar surface area (TPSA) is 83.1 Å². The van der Waals surface area contributed by atoms with Crippen molar-refractivity contribution in [2.24, 2.45) is 22.7 Å². The van der Waals surface area contributed by atoms with E-state index in [-0.39, 0.29) is 24.0 Å². The Balaban J connectivity index is 3.04. The van der Waals surface area contributed by atoms with Crippen LogP contribution in [-0.2, 0) is 13.6 Å². The Kier molecular flexibility index (Phi) is 7.60. The molecule has 0 radical (unpaired) electrons. The van der Waals surface area contributed by atoms with Crippen LogP contribution in [-0.4, -0.2) is 13.2 Å². The van der Waals surface area contributed by atoms with E-state index in [0.29, 0.717) is 5.30 Å².